The van der Waals surface area contributed by atoms with Gasteiger partial charge in [0.05, 0.1) is 6.04 Å². The average molecular weight is 399 g/mol. The number of carbonyl (C=O) groups excluding carboxylic acids is 1. The van der Waals surface area contributed by atoms with E-state index in [0.717, 1.165) is 17.7 Å². The highest BCUT2D eigenvalue weighted by Gasteiger charge is 2.48. The Kier molecular flexibility index (Phi) is 6.27. The molecule has 0 fully saturated rings. The van der Waals surface area contributed by atoms with Crippen LogP contribution in [0.15, 0.2) is 60.7 Å². The molecule has 9 heteroatoms. The number of carbonyl (C=O) groups is 1. The number of amides is 1. The zero-order valence-electron chi connectivity index (χ0n) is 14.1. The van der Waals surface area contributed by atoms with Crippen molar-refractivity contribution in [2.24, 2.45) is 0 Å². The summed E-state index contributed by atoms with van der Waals surface area (Å²) in [7, 11) is -5.75. The number of hydrogen-bond donors (Lipinski definition) is 1. The van der Waals surface area contributed by atoms with Crippen molar-refractivity contribution >= 4 is 22.1 Å². The van der Waals surface area contributed by atoms with Gasteiger partial charge < -0.3 is 9.50 Å². The number of nitrogens with one attached hydrogen (secondary N) is 1. The van der Waals surface area contributed by atoms with Gasteiger partial charge in [0.25, 0.3) is 0 Å². The van der Waals surface area contributed by atoms with Crippen molar-refractivity contribution < 1.29 is 30.6 Å². The molecule has 1 N–H and O–H groups in total. The van der Waals surface area contributed by atoms with Crippen LogP contribution in [-0.2, 0) is 14.9 Å². The molecule has 0 aliphatic rings. The quantitative estimate of drug-likeness (QED) is 0.456. The van der Waals surface area contributed by atoms with Crippen LogP contribution in [0.25, 0.3) is 6.08 Å². The van der Waals surface area contributed by atoms with Crippen LogP contribution in [0.5, 0.6) is 5.75 Å². The third-order valence-electron chi connectivity index (χ3n) is 3.43. The Morgan fingerprint density at radius 3 is 2.41 bits per heavy atom. The number of halogens is 3. The second-order valence-electron chi connectivity index (χ2n) is 5.53. The molecule has 27 heavy (non-hydrogen) atoms. The molecule has 0 saturated heterocycles. The number of benzene rings is 2. The third-order valence-corrected chi connectivity index (χ3v) is 4.41. The van der Waals surface area contributed by atoms with E-state index < -0.39 is 33.3 Å². The van der Waals surface area contributed by atoms with Crippen LogP contribution in [0, 0.1) is 0 Å². The molecule has 0 aliphatic heterocycles. The highest BCUT2D eigenvalue weighted by atomic mass is 32.2. The minimum atomic E-state index is -5.75. The number of hydrogen-bond acceptors (Lipinski definition) is 4. The summed E-state index contributed by atoms with van der Waals surface area (Å²) in [6, 6.07) is 13.6. The minimum Gasteiger partial charge on any atom is -0.376 e. The van der Waals surface area contributed by atoms with Crippen molar-refractivity contribution in [3.05, 3.63) is 71.8 Å². The monoisotopic (exact) mass is 399 g/mol. The maximum atomic E-state index is 12.4. The van der Waals surface area contributed by atoms with Gasteiger partial charge in [-0.05, 0) is 36.3 Å². The fourth-order valence-corrected chi connectivity index (χ4v) is 2.54. The van der Waals surface area contributed by atoms with E-state index in [2.05, 4.69) is 9.50 Å². The molecule has 2 rings (SSSR count). The van der Waals surface area contributed by atoms with E-state index in [1.165, 1.54) is 18.2 Å². The van der Waals surface area contributed by atoms with Gasteiger partial charge in [0.1, 0.15) is 5.75 Å². The molecule has 1 amide bonds. The van der Waals surface area contributed by atoms with Gasteiger partial charge in [-0.2, -0.15) is 21.6 Å². The van der Waals surface area contributed by atoms with E-state index in [-0.39, 0.29) is 0 Å². The van der Waals surface area contributed by atoms with E-state index in [0.29, 0.717) is 5.56 Å². The van der Waals surface area contributed by atoms with Gasteiger partial charge in [0.2, 0.25) is 5.91 Å². The van der Waals surface area contributed by atoms with Crippen LogP contribution < -0.4 is 9.50 Å². The second kappa shape index (κ2) is 8.26. The molecule has 0 heterocycles. The molecule has 1 atom stereocenters. The molecule has 0 spiro atoms. The fourth-order valence-electron chi connectivity index (χ4n) is 2.09. The summed E-state index contributed by atoms with van der Waals surface area (Å²) in [5, 5.41) is 2.63. The second-order valence-corrected chi connectivity index (χ2v) is 7.07. The maximum absolute atomic E-state index is 12.4. The van der Waals surface area contributed by atoms with E-state index >= 15 is 0 Å². The summed E-state index contributed by atoms with van der Waals surface area (Å²) >= 11 is 0. The molecule has 0 radical (unpaired) electrons. The van der Waals surface area contributed by atoms with Crippen molar-refractivity contribution in [2.75, 3.05) is 0 Å². The first-order valence-corrected chi connectivity index (χ1v) is 9.14. The highest BCUT2D eigenvalue weighted by molar-refractivity contribution is 7.88. The van der Waals surface area contributed by atoms with Crippen LogP contribution in [0.4, 0.5) is 13.2 Å². The van der Waals surface area contributed by atoms with Crippen LogP contribution in [0.1, 0.15) is 24.1 Å². The summed E-state index contributed by atoms with van der Waals surface area (Å²) in [5.41, 5.74) is -4.31. The van der Waals surface area contributed by atoms with E-state index in [1.807, 2.05) is 30.3 Å². The molecule has 0 aliphatic carbocycles. The summed E-state index contributed by atoms with van der Waals surface area (Å²) in [6.07, 6.45) is 2.93. The lowest BCUT2D eigenvalue weighted by atomic mass is 10.1. The van der Waals surface area contributed by atoms with Gasteiger partial charge in [0.15, 0.2) is 0 Å². The molecular weight excluding hydrogens is 383 g/mol. The number of rotatable bonds is 6. The van der Waals surface area contributed by atoms with Gasteiger partial charge in [-0.25, -0.2) is 0 Å². The Labute approximate surface area is 154 Å². The lowest BCUT2D eigenvalue weighted by Gasteiger charge is -2.15. The molecular formula is C18H16F3NO4S. The standard InChI is InChI=1S/C18H16F3NO4S/c1-13(22-17(23)11-10-14-6-3-2-4-7-14)15-8-5-9-16(12-15)26-27(24,25)18(19,20)21/h2-13H,1H3,(H,22,23). The van der Waals surface area contributed by atoms with Gasteiger partial charge in [-0.3, -0.25) is 4.79 Å². The fraction of sp³-hybridized carbons (Fsp3) is 0.167. The van der Waals surface area contributed by atoms with Crippen molar-refractivity contribution in [1.82, 2.24) is 5.32 Å². The van der Waals surface area contributed by atoms with Crippen LogP contribution in [0.2, 0.25) is 0 Å². The zero-order chi connectivity index (χ0) is 20.1. The molecule has 144 valence electrons. The average Bonchev–Trinajstić information content (AvgIpc) is 2.60. The lowest BCUT2D eigenvalue weighted by molar-refractivity contribution is -0.117. The SMILES string of the molecule is CC(NC(=O)C=Cc1ccccc1)c1cccc(OS(=O)(=O)C(F)(F)F)c1. The summed E-state index contributed by atoms with van der Waals surface area (Å²) in [4.78, 5) is 12.0. The predicted octanol–water partition coefficient (Wildman–Crippen LogP) is 3.81. The van der Waals surface area contributed by atoms with Crippen molar-refractivity contribution in [2.45, 2.75) is 18.5 Å². The molecule has 1 unspecified atom stereocenters. The molecule has 0 bridgehead atoms. The predicted molar refractivity (Wildman–Crippen MR) is 94.1 cm³/mol. The third kappa shape index (κ3) is 5.85. The normalized spacial score (nSPS) is 13.3. The van der Waals surface area contributed by atoms with Gasteiger partial charge in [-0.15, -0.1) is 0 Å². The largest absolute Gasteiger partial charge is 0.534 e. The summed E-state index contributed by atoms with van der Waals surface area (Å²) in [6.45, 7) is 1.60. The summed E-state index contributed by atoms with van der Waals surface area (Å²) in [5.74, 6) is -0.911. The maximum Gasteiger partial charge on any atom is 0.534 e. The minimum absolute atomic E-state index is 0.381. The molecule has 2 aromatic carbocycles. The molecule has 0 aromatic heterocycles. The van der Waals surface area contributed by atoms with Crippen molar-refractivity contribution in [1.29, 1.82) is 0 Å². The first-order chi connectivity index (χ1) is 12.6. The zero-order valence-corrected chi connectivity index (χ0v) is 14.9. The van der Waals surface area contributed by atoms with E-state index in [9.17, 15) is 26.4 Å². The Morgan fingerprint density at radius 2 is 1.78 bits per heavy atom. The topological polar surface area (TPSA) is 72.5 Å². The summed E-state index contributed by atoms with van der Waals surface area (Å²) < 4.78 is 63.4. The van der Waals surface area contributed by atoms with Crippen LogP contribution in [0.3, 0.4) is 0 Å². The van der Waals surface area contributed by atoms with Crippen molar-refractivity contribution in [3.63, 3.8) is 0 Å². The Morgan fingerprint density at radius 1 is 1.11 bits per heavy atom. The Hall–Kier alpha value is -2.81. The lowest BCUT2D eigenvalue weighted by Crippen LogP contribution is -2.28. The van der Waals surface area contributed by atoms with Gasteiger partial charge in [-0.1, -0.05) is 42.5 Å². The Bertz CT molecular complexity index is 925. The van der Waals surface area contributed by atoms with Crippen molar-refractivity contribution in [3.8, 4) is 5.75 Å². The van der Waals surface area contributed by atoms with Crippen LogP contribution in [-0.4, -0.2) is 19.8 Å². The van der Waals surface area contributed by atoms with E-state index in [4.69, 9.17) is 0 Å². The molecule has 0 saturated carbocycles. The van der Waals surface area contributed by atoms with Crippen LogP contribution >= 0.6 is 0 Å². The number of alkyl halides is 3. The smallest absolute Gasteiger partial charge is 0.376 e. The first kappa shape index (κ1) is 20.5. The Balaban J connectivity index is 2.05. The molecule has 2 aromatic rings. The van der Waals surface area contributed by atoms with E-state index in [1.54, 1.807) is 13.0 Å². The highest BCUT2D eigenvalue weighted by Crippen LogP contribution is 2.28. The van der Waals surface area contributed by atoms with Gasteiger partial charge >= 0.3 is 15.6 Å². The molecule has 5 nitrogen and oxygen atoms in total. The van der Waals surface area contributed by atoms with Gasteiger partial charge in [0, 0.05) is 6.08 Å². The first-order valence-electron chi connectivity index (χ1n) is 7.73.